The molecule has 0 bridgehead atoms. The van der Waals surface area contributed by atoms with Crippen molar-refractivity contribution in [2.45, 2.75) is 25.8 Å². The summed E-state index contributed by atoms with van der Waals surface area (Å²) in [6.45, 7) is 1.31. The van der Waals surface area contributed by atoms with Gasteiger partial charge in [0.25, 0.3) is 5.91 Å². The molecule has 1 aromatic carbocycles. The van der Waals surface area contributed by atoms with Gasteiger partial charge in [-0.15, -0.1) is 0 Å². The topological polar surface area (TPSA) is 64.6 Å². The van der Waals surface area contributed by atoms with Crippen LogP contribution in [0, 0.1) is 5.92 Å². The van der Waals surface area contributed by atoms with Crippen molar-refractivity contribution < 1.29 is 19.1 Å². The Kier molecular flexibility index (Phi) is 5.91. The van der Waals surface area contributed by atoms with Gasteiger partial charge in [0.15, 0.2) is 13.2 Å². The van der Waals surface area contributed by atoms with Crippen LogP contribution in [0.15, 0.2) is 18.2 Å². The molecule has 0 unspecified atom stereocenters. The summed E-state index contributed by atoms with van der Waals surface area (Å²) < 4.78 is 10.1. The van der Waals surface area contributed by atoms with Crippen molar-refractivity contribution in [3.63, 3.8) is 0 Å². The zero-order valence-corrected chi connectivity index (χ0v) is 13.6. The molecule has 7 heteroatoms. The third-order valence-corrected chi connectivity index (χ3v) is 3.85. The maximum absolute atomic E-state index is 11.6. The first kappa shape index (κ1) is 16.9. The van der Waals surface area contributed by atoms with Gasteiger partial charge in [-0.05, 0) is 43.9 Å². The summed E-state index contributed by atoms with van der Waals surface area (Å²) in [5.41, 5.74) is 0. The second-order valence-corrected chi connectivity index (χ2v) is 6.06. The molecule has 120 valence electrons. The van der Waals surface area contributed by atoms with E-state index in [2.05, 4.69) is 5.32 Å². The highest BCUT2D eigenvalue weighted by atomic mass is 35.5. The Morgan fingerprint density at radius 3 is 2.68 bits per heavy atom. The molecule has 0 spiro atoms. The number of ether oxygens (including phenoxy) is 2. The van der Waals surface area contributed by atoms with Crippen molar-refractivity contribution in [1.82, 2.24) is 5.32 Å². The minimum Gasteiger partial charge on any atom is -0.480 e. The number of esters is 1. The summed E-state index contributed by atoms with van der Waals surface area (Å²) in [6.07, 6.45) is 2.27. The lowest BCUT2D eigenvalue weighted by molar-refractivity contribution is -0.150. The average Bonchev–Trinajstić information content (AvgIpc) is 3.28. The van der Waals surface area contributed by atoms with E-state index in [4.69, 9.17) is 32.7 Å². The van der Waals surface area contributed by atoms with E-state index in [-0.39, 0.29) is 25.2 Å². The highest BCUT2D eigenvalue weighted by molar-refractivity contribution is 6.35. The summed E-state index contributed by atoms with van der Waals surface area (Å²) in [6, 6.07) is 4.79. The number of hydrogen-bond donors (Lipinski definition) is 1. The van der Waals surface area contributed by atoms with Gasteiger partial charge in [-0.25, -0.2) is 4.79 Å². The predicted octanol–water partition coefficient (Wildman–Crippen LogP) is 2.83. The Balaban J connectivity index is 1.67. The number of nitrogens with one attached hydrogen (secondary N) is 1. The third-order valence-electron chi connectivity index (χ3n) is 3.32. The fraction of sp³-hybridized carbons (Fsp3) is 0.467. The Morgan fingerprint density at radius 2 is 2.05 bits per heavy atom. The zero-order chi connectivity index (χ0) is 16.1. The smallest absolute Gasteiger partial charge is 0.344 e. The number of carbonyl (C=O) groups excluding carboxylic acids is 2. The molecule has 1 aliphatic carbocycles. The Hall–Kier alpha value is -1.46. The fourth-order valence-corrected chi connectivity index (χ4v) is 2.39. The SMILES string of the molecule is C[C@H](NC(=O)COC(=O)COc1ccc(Cl)cc1Cl)C1CC1. The van der Waals surface area contributed by atoms with E-state index in [0.29, 0.717) is 21.7 Å². The number of hydrogen-bond acceptors (Lipinski definition) is 4. The van der Waals surface area contributed by atoms with Gasteiger partial charge in [0.1, 0.15) is 5.75 Å². The molecule has 0 aromatic heterocycles. The predicted molar refractivity (Wildman–Crippen MR) is 83.2 cm³/mol. The van der Waals surface area contributed by atoms with E-state index in [1.54, 1.807) is 12.1 Å². The van der Waals surface area contributed by atoms with Crippen LogP contribution < -0.4 is 10.1 Å². The van der Waals surface area contributed by atoms with E-state index >= 15 is 0 Å². The summed E-state index contributed by atoms with van der Waals surface area (Å²) in [5.74, 6) is -0.0672. The van der Waals surface area contributed by atoms with Gasteiger partial charge in [-0.3, -0.25) is 4.79 Å². The maximum Gasteiger partial charge on any atom is 0.344 e. The summed E-state index contributed by atoms with van der Waals surface area (Å²) >= 11 is 11.7. The van der Waals surface area contributed by atoms with Gasteiger partial charge in [-0.2, -0.15) is 0 Å². The van der Waals surface area contributed by atoms with Crippen LogP contribution in [-0.2, 0) is 14.3 Å². The Bertz CT molecular complexity index is 560. The molecule has 0 heterocycles. The van der Waals surface area contributed by atoms with E-state index < -0.39 is 5.97 Å². The van der Waals surface area contributed by atoms with Crippen molar-refractivity contribution in [1.29, 1.82) is 0 Å². The molecule has 1 saturated carbocycles. The van der Waals surface area contributed by atoms with Crippen molar-refractivity contribution in [3.05, 3.63) is 28.2 Å². The molecular weight excluding hydrogens is 329 g/mol. The second-order valence-electron chi connectivity index (χ2n) is 5.22. The van der Waals surface area contributed by atoms with Crippen LogP contribution in [0.25, 0.3) is 0 Å². The molecule has 2 rings (SSSR count). The lowest BCUT2D eigenvalue weighted by Crippen LogP contribution is -2.37. The minimum atomic E-state index is -0.639. The summed E-state index contributed by atoms with van der Waals surface area (Å²) in [5, 5.41) is 3.57. The average molecular weight is 346 g/mol. The van der Waals surface area contributed by atoms with Crippen molar-refractivity contribution in [2.75, 3.05) is 13.2 Å². The normalized spacial score (nSPS) is 15.0. The number of amides is 1. The van der Waals surface area contributed by atoms with Crippen LogP contribution in [0.3, 0.4) is 0 Å². The van der Waals surface area contributed by atoms with Crippen molar-refractivity contribution in [3.8, 4) is 5.75 Å². The van der Waals surface area contributed by atoms with Crippen LogP contribution in [-0.4, -0.2) is 31.1 Å². The number of rotatable bonds is 7. The van der Waals surface area contributed by atoms with Crippen LogP contribution in [0.1, 0.15) is 19.8 Å². The first-order valence-electron chi connectivity index (χ1n) is 6.98. The van der Waals surface area contributed by atoms with Gasteiger partial charge in [0, 0.05) is 11.1 Å². The minimum absolute atomic E-state index is 0.121. The molecule has 22 heavy (non-hydrogen) atoms. The molecule has 1 amide bonds. The molecule has 1 aliphatic rings. The summed E-state index contributed by atoms with van der Waals surface area (Å²) in [7, 11) is 0. The van der Waals surface area contributed by atoms with Crippen LogP contribution in [0.2, 0.25) is 10.0 Å². The zero-order valence-electron chi connectivity index (χ0n) is 12.1. The van der Waals surface area contributed by atoms with Gasteiger partial charge < -0.3 is 14.8 Å². The lowest BCUT2D eigenvalue weighted by atomic mass is 10.2. The second kappa shape index (κ2) is 7.70. The molecule has 1 atom stereocenters. The molecule has 0 saturated heterocycles. The van der Waals surface area contributed by atoms with Crippen LogP contribution in [0.5, 0.6) is 5.75 Å². The Labute approximate surface area is 138 Å². The largest absolute Gasteiger partial charge is 0.480 e. The van der Waals surface area contributed by atoms with E-state index in [1.807, 2.05) is 6.92 Å². The van der Waals surface area contributed by atoms with E-state index in [0.717, 1.165) is 12.8 Å². The monoisotopic (exact) mass is 345 g/mol. The van der Waals surface area contributed by atoms with Crippen molar-refractivity contribution in [2.24, 2.45) is 5.92 Å². The highest BCUT2D eigenvalue weighted by Crippen LogP contribution is 2.32. The fourth-order valence-electron chi connectivity index (χ4n) is 1.93. The number of benzene rings is 1. The molecule has 1 fully saturated rings. The van der Waals surface area contributed by atoms with Crippen LogP contribution in [0.4, 0.5) is 0 Å². The van der Waals surface area contributed by atoms with E-state index in [9.17, 15) is 9.59 Å². The first-order chi connectivity index (χ1) is 10.5. The molecule has 0 radical (unpaired) electrons. The van der Waals surface area contributed by atoms with Gasteiger partial charge in [-0.1, -0.05) is 23.2 Å². The Morgan fingerprint density at radius 1 is 1.32 bits per heavy atom. The van der Waals surface area contributed by atoms with Gasteiger partial charge in [0.05, 0.1) is 5.02 Å². The number of halogens is 2. The quantitative estimate of drug-likeness (QED) is 0.771. The molecule has 1 aromatic rings. The maximum atomic E-state index is 11.6. The molecule has 1 N–H and O–H groups in total. The van der Waals surface area contributed by atoms with Gasteiger partial charge >= 0.3 is 5.97 Å². The highest BCUT2D eigenvalue weighted by Gasteiger charge is 2.28. The molecular formula is C15H17Cl2NO4. The number of carbonyl (C=O) groups is 2. The first-order valence-corrected chi connectivity index (χ1v) is 7.74. The van der Waals surface area contributed by atoms with Gasteiger partial charge in [0.2, 0.25) is 0 Å². The van der Waals surface area contributed by atoms with Crippen molar-refractivity contribution >= 4 is 35.1 Å². The summed E-state index contributed by atoms with van der Waals surface area (Å²) in [4.78, 5) is 23.1. The molecule has 5 nitrogen and oxygen atoms in total. The standard InChI is InChI=1S/C15H17Cl2NO4/c1-9(10-2-3-10)18-14(19)7-22-15(20)8-21-13-5-4-11(16)6-12(13)17/h4-6,9-10H,2-3,7-8H2,1H3,(H,18,19)/t9-/m0/s1. The van der Waals surface area contributed by atoms with E-state index in [1.165, 1.54) is 6.07 Å². The molecule has 0 aliphatic heterocycles. The third kappa shape index (κ3) is 5.39. The van der Waals surface area contributed by atoms with Crippen LogP contribution >= 0.6 is 23.2 Å². The lowest BCUT2D eigenvalue weighted by Gasteiger charge is -2.13.